The number of hydrogen-bond donors (Lipinski definition) is 2. The van der Waals surface area contributed by atoms with E-state index in [1.807, 2.05) is 0 Å². The summed E-state index contributed by atoms with van der Waals surface area (Å²) in [4.78, 5) is 0.00501. The highest BCUT2D eigenvalue weighted by Gasteiger charge is 2.17. The lowest BCUT2D eigenvalue weighted by Crippen LogP contribution is -2.26. The molecule has 2 rings (SSSR count). The Bertz CT molecular complexity index is 945. The lowest BCUT2D eigenvalue weighted by molar-refractivity contribution is 0.581. The van der Waals surface area contributed by atoms with E-state index >= 15 is 0 Å². The smallest absolute Gasteiger partial charge is 0.225 e. The van der Waals surface area contributed by atoms with E-state index in [1.54, 1.807) is 18.2 Å². The van der Waals surface area contributed by atoms with E-state index < -0.39 is 20.0 Å². The van der Waals surface area contributed by atoms with Gasteiger partial charge in [-0.3, -0.25) is 0 Å². The van der Waals surface area contributed by atoms with Crippen molar-refractivity contribution < 1.29 is 16.8 Å². The Morgan fingerprint density at radius 2 is 1.67 bits per heavy atom. The van der Waals surface area contributed by atoms with Crippen LogP contribution in [0.1, 0.15) is 5.56 Å². The molecule has 0 radical (unpaired) electrons. The monoisotopic (exact) mass is 452 g/mol. The summed E-state index contributed by atoms with van der Waals surface area (Å²) in [5.74, 6) is 0. The third-order valence-electron chi connectivity index (χ3n) is 3.14. The highest BCUT2D eigenvalue weighted by Crippen LogP contribution is 2.25. The highest BCUT2D eigenvalue weighted by molar-refractivity contribution is 9.10. The van der Waals surface area contributed by atoms with Gasteiger partial charge in [0.1, 0.15) is 4.90 Å². The molecule has 2 aromatic rings. The van der Waals surface area contributed by atoms with Gasteiger partial charge in [0.25, 0.3) is 0 Å². The van der Waals surface area contributed by atoms with Crippen molar-refractivity contribution in [1.82, 2.24) is 4.72 Å². The van der Waals surface area contributed by atoms with E-state index in [4.69, 9.17) is 16.7 Å². The molecule has 3 N–H and O–H groups in total. The summed E-state index contributed by atoms with van der Waals surface area (Å²) in [6, 6.07) is 10.4. The topological polar surface area (TPSA) is 106 Å². The van der Waals surface area contributed by atoms with Gasteiger partial charge in [-0.25, -0.2) is 26.7 Å². The first-order chi connectivity index (χ1) is 11.1. The van der Waals surface area contributed by atoms with Crippen LogP contribution >= 0.6 is 27.5 Å². The van der Waals surface area contributed by atoms with Crippen LogP contribution in [0.4, 0.5) is 0 Å². The first-order valence-electron chi connectivity index (χ1n) is 6.66. The number of primary sulfonamides is 1. The fourth-order valence-electron chi connectivity index (χ4n) is 1.95. The largest absolute Gasteiger partial charge is 0.242 e. The second-order valence-electron chi connectivity index (χ2n) is 4.91. The van der Waals surface area contributed by atoms with Crippen molar-refractivity contribution in [2.24, 2.45) is 5.14 Å². The third-order valence-corrected chi connectivity index (χ3v) is 6.51. The maximum atomic E-state index is 12.2. The summed E-state index contributed by atoms with van der Waals surface area (Å²) in [5.41, 5.74) is 0.770. The molecule has 10 heteroatoms. The molecule has 0 aromatic heterocycles. The molecule has 0 aliphatic carbocycles. The van der Waals surface area contributed by atoms with Crippen molar-refractivity contribution in [3.05, 3.63) is 57.5 Å². The first kappa shape index (κ1) is 19.4. The molecule has 0 aliphatic rings. The quantitative estimate of drug-likeness (QED) is 0.699. The van der Waals surface area contributed by atoms with Crippen LogP contribution in [0.15, 0.2) is 56.7 Å². The minimum Gasteiger partial charge on any atom is -0.225 e. The van der Waals surface area contributed by atoms with Gasteiger partial charge in [-0.1, -0.05) is 39.7 Å². The van der Waals surface area contributed by atoms with Crippen LogP contribution in [0.2, 0.25) is 5.02 Å². The second kappa shape index (κ2) is 7.51. The molecule has 0 spiro atoms. The van der Waals surface area contributed by atoms with Crippen LogP contribution in [0.5, 0.6) is 0 Å². The zero-order valence-electron chi connectivity index (χ0n) is 12.2. The van der Waals surface area contributed by atoms with Crippen molar-refractivity contribution in [3.63, 3.8) is 0 Å². The van der Waals surface area contributed by atoms with Gasteiger partial charge in [-0.15, -0.1) is 0 Å². The van der Waals surface area contributed by atoms with Crippen molar-refractivity contribution in [2.75, 3.05) is 6.54 Å². The van der Waals surface area contributed by atoms with Gasteiger partial charge in [0.15, 0.2) is 0 Å². The zero-order valence-corrected chi connectivity index (χ0v) is 16.2. The Hall–Kier alpha value is -0.970. The number of rotatable bonds is 6. The van der Waals surface area contributed by atoms with Gasteiger partial charge < -0.3 is 0 Å². The van der Waals surface area contributed by atoms with E-state index in [9.17, 15) is 16.8 Å². The van der Waals surface area contributed by atoms with Gasteiger partial charge in [0, 0.05) is 11.0 Å². The summed E-state index contributed by atoms with van der Waals surface area (Å²) >= 11 is 9.17. The molecule has 0 heterocycles. The summed E-state index contributed by atoms with van der Waals surface area (Å²) in [6.07, 6.45) is 0.387. The van der Waals surface area contributed by atoms with Crippen LogP contribution < -0.4 is 9.86 Å². The van der Waals surface area contributed by atoms with E-state index in [-0.39, 0.29) is 21.4 Å². The summed E-state index contributed by atoms with van der Waals surface area (Å²) < 4.78 is 50.0. The van der Waals surface area contributed by atoms with E-state index in [2.05, 4.69) is 20.7 Å². The van der Waals surface area contributed by atoms with Crippen molar-refractivity contribution in [1.29, 1.82) is 0 Å². The van der Waals surface area contributed by atoms with Gasteiger partial charge in [0.2, 0.25) is 20.0 Å². The van der Waals surface area contributed by atoms with E-state index in [1.165, 1.54) is 24.3 Å². The Kier molecular flexibility index (Phi) is 6.05. The molecule has 130 valence electrons. The molecule has 0 saturated carbocycles. The Labute approximate surface area is 154 Å². The first-order valence-corrected chi connectivity index (χ1v) is 10.9. The van der Waals surface area contributed by atoms with Crippen molar-refractivity contribution >= 4 is 47.6 Å². The zero-order chi connectivity index (χ0) is 18.0. The molecule has 0 atom stereocenters. The van der Waals surface area contributed by atoms with Crippen LogP contribution in [-0.4, -0.2) is 23.4 Å². The minimum absolute atomic E-state index is 0.00283. The molecule has 0 unspecified atom stereocenters. The predicted octanol–water partition coefficient (Wildman–Crippen LogP) is 2.27. The average molecular weight is 454 g/mol. The molecular weight excluding hydrogens is 440 g/mol. The average Bonchev–Trinajstić information content (AvgIpc) is 2.46. The lowest BCUT2D eigenvalue weighted by atomic mass is 10.2. The number of hydrogen-bond acceptors (Lipinski definition) is 4. The Morgan fingerprint density at radius 1 is 1.04 bits per heavy atom. The number of nitrogens with one attached hydrogen (secondary N) is 1. The summed E-state index contributed by atoms with van der Waals surface area (Å²) in [6.45, 7) is 0.142. The highest BCUT2D eigenvalue weighted by atomic mass is 79.9. The summed E-state index contributed by atoms with van der Waals surface area (Å²) in [7, 11) is -7.47. The Balaban J connectivity index is 2.03. The molecular formula is C14H14BrClN2O4S2. The molecule has 0 fully saturated rings. The van der Waals surface area contributed by atoms with Gasteiger partial charge in [-0.05, 0) is 42.3 Å². The van der Waals surface area contributed by atoms with Gasteiger partial charge in [-0.2, -0.15) is 0 Å². The van der Waals surface area contributed by atoms with Crippen LogP contribution in [-0.2, 0) is 26.5 Å². The lowest BCUT2D eigenvalue weighted by Gasteiger charge is -2.09. The van der Waals surface area contributed by atoms with Crippen molar-refractivity contribution in [3.8, 4) is 0 Å². The van der Waals surface area contributed by atoms with Gasteiger partial charge in [0.05, 0.1) is 9.92 Å². The van der Waals surface area contributed by atoms with Gasteiger partial charge >= 0.3 is 0 Å². The van der Waals surface area contributed by atoms with E-state index in [0.717, 1.165) is 5.56 Å². The normalized spacial score (nSPS) is 12.3. The third kappa shape index (κ3) is 5.01. The van der Waals surface area contributed by atoms with Crippen LogP contribution in [0.25, 0.3) is 0 Å². The molecule has 0 amide bonds. The molecule has 24 heavy (non-hydrogen) atoms. The SMILES string of the molecule is NS(=O)(=O)c1ccc(CCNS(=O)(=O)c2ccc(Br)cc2Cl)cc1. The fourth-order valence-corrected chi connectivity index (χ4v) is 4.53. The summed E-state index contributed by atoms with van der Waals surface area (Å²) in [5, 5.41) is 5.14. The molecule has 0 bridgehead atoms. The Morgan fingerprint density at radius 3 is 2.21 bits per heavy atom. The minimum atomic E-state index is -3.74. The van der Waals surface area contributed by atoms with Crippen LogP contribution in [0.3, 0.4) is 0 Å². The fraction of sp³-hybridized carbons (Fsp3) is 0.143. The molecule has 0 aliphatic heterocycles. The number of halogens is 2. The number of sulfonamides is 2. The molecule has 2 aromatic carbocycles. The number of nitrogens with two attached hydrogens (primary N) is 1. The van der Waals surface area contributed by atoms with Crippen LogP contribution in [0, 0.1) is 0 Å². The molecule has 6 nitrogen and oxygen atoms in total. The number of benzene rings is 2. The van der Waals surface area contributed by atoms with Crippen molar-refractivity contribution in [2.45, 2.75) is 16.2 Å². The second-order valence-corrected chi connectivity index (χ2v) is 9.53. The maximum absolute atomic E-state index is 12.2. The molecule has 0 saturated heterocycles. The van der Waals surface area contributed by atoms with E-state index in [0.29, 0.717) is 10.9 Å². The predicted molar refractivity (Wildman–Crippen MR) is 95.9 cm³/mol. The standard InChI is InChI=1S/C14H14BrClN2O4S2/c15-11-3-6-14(13(16)9-11)24(21,22)18-8-7-10-1-4-12(5-2-10)23(17,19)20/h1-6,9,18H,7-8H2,(H2,17,19,20). The maximum Gasteiger partial charge on any atom is 0.242 e.